The monoisotopic (exact) mass is 292 g/mol. The van der Waals surface area contributed by atoms with Crippen molar-refractivity contribution in [2.45, 2.75) is 26.8 Å². The van der Waals surface area contributed by atoms with Crippen LogP contribution >= 0.6 is 0 Å². The zero-order valence-electron chi connectivity index (χ0n) is 12.4. The highest BCUT2D eigenvalue weighted by Gasteiger charge is 2.28. The summed E-state index contributed by atoms with van der Waals surface area (Å²) in [7, 11) is 0. The normalized spacial score (nSPS) is 15.1. The fourth-order valence-electron chi connectivity index (χ4n) is 2.07. The van der Waals surface area contributed by atoms with E-state index in [1.807, 2.05) is 20.8 Å². The first-order valence-electron chi connectivity index (χ1n) is 6.99. The number of aromatic carboxylic acids is 1. The molecule has 1 atom stereocenters. The topological polar surface area (TPSA) is 78.9 Å². The summed E-state index contributed by atoms with van der Waals surface area (Å²) in [6, 6.07) is 4.58. The third kappa shape index (κ3) is 3.09. The van der Waals surface area contributed by atoms with Gasteiger partial charge in [0.15, 0.2) is 5.75 Å². The van der Waals surface area contributed by atoms with E-state index >= 15 is 0 Å². The van der Waals surface area contributed by atoms with Gasteiger partial charge in [0.1, 0.15) is 12.2 Å². The molecule has 1 aliphatic heterocycles. The molecule has 0 aromatic heterocycles. The van der Waals surface area contributed by atoms with Crippen molar-refractivity contribution in [1.29, 1.82) is 0 Å². The van der Waals surface area contributed by atoms with Crippen LogP contribution in [-0.2, 0) is 0 Å². The van der Waals surface area contributed by atoms with Crippen LogP contribution in [0.15, 0.2) is 18.2 Å². The van der Waals surface area contributed by atoms with E-state index in [1.165, 1.54) is 11.0 Å². The van der Waals surface area contributed by atoms with Crippen molar-refractivity contribution in [1.82, 2.24) is 5.32 Å². The Kier molecular flexibility index (Phi) is 4.35. The van der Waals surface area contributed by atoms with E-state index in [4.69, 9.17) is 4.74 Å². The molecule has 2 rings (SSSR count). The van der Waals surface area contributed by atoms with Gasteiger partial charge in [0.05, 0.1) is 12.2 Å². The number of ether oxygens (including phenoxy) is 1. The number of amides is 2. The molecule has 0 bridgehead atoms. The molecule has 21 heavy (non-hydrogen) atoms. The quantitative estimate of drug-likeness (QED) is 0.896. The summed E-state index contributed by atoms with van der Waals surface area (Å²) in [5, 5.41) is 12.1. The Morgan fingerprint density at radius 3 is 2.67 bits per heavy atom. The fourth-order valence-corrected chi connectivity index (χ4v) is 2.07. The van der Waals surface area contributed by atoms with Gasteiger partial charge in [0.2, 0.25) is 0 Å². The maximum atomic E-state index is 12.4. The molecule has 0 spiro atoms. The van der Waals surface area contributed by atoms with Crippen molar-refractivity contribution in [2.24, 2.45) is 5.92 Å². The van der Waals surface area contributed by atoms with Crippen LogP contribution in [0.1, 0.15) is 31.1 Å². The molecule has 1 aromatic rings. The van der Waals surface area contributed by atoms with Gasteiger partial charge >= 0.3 is 12.0 Å². The molecule has 6 heteroatoms. The van der Waals surface area contributed by atoms with E-state index in [0.29, 0.717) is 18.2 Å². The largest absolute Gasteiger partial charge is 0.489 e. The first kappa shape index (κ1) is 15.2. The number of carboxylic acids is 1. The van der Waals surface area contributed by atoms with E-state index in [2.05, 4.69) is 5.32 Å². The number of anilines is 1. The lowest BCUT2D eigenvalue weighted by Crippen LogP contribution is -2.48. The van der Waals surface area contributed by atoms with Gasteiger partial charge in [-0.2, -0.15) is 0 Å². The minimum absolute atomic E-state index is 0.0338. The summed E-state index contributed by atoms with van der Waals surface area (Å²) >= 11 is 0. The molecular formula is C15H20N2O4. The average Bonchev–Trinajstić information content (AvgIpc) is 2.45. The number of benzene rings is 1. The van der Waals surface area contributed by atoms with Crippen molar-refractivity contribution in [3.8, 4) is 5.75 Å². The first-order valence-corrected chi connectivity index (χ1v) is 6.99. The Bertz CT molecular complexity index is 557. The summed E-state index contributed by atoms with van der Waals surface area (Å²) in [5.74, 6) is -0.493. The molecule has 1 unspecified atom stereocenters. The zero-order valence-corrected chi connectivity index (χ0v) is 12.4. The lowest BCUT2D eigenvalue weighted by molar-refractivity contribution is 0.0692. The second-order valence-electron chi connectivity index (χ2n) is 5.44. The number of hydrogen-bond acceptors (Lipinski definition) is 3. The van der Waals surface area contributed by atoms with E-state index in [1.54, 1.807) is 12.1 Å². The van der Waals surface area contributed by atoms with Gasteiger partial charge in [-0.1, -0.05) is 19.9 Å². The van der Waals surface area contributed by atoms with Crippen molar-refractivity contribution in [2.75, 3.05) is 18.1 Å². The SMILES string of the molecule is CC(C)C(C)NC(=O)N1CCOc2c(C(=O)O)cccc21. The Labute approximate surface area is 123 Å². The summed E-state index contributed by atoms with van der Waals surface area (Å²) < 4.78 is 5.45. The molecule has 0 aliphatic carbocycles. The summed E-state index contributed by atoms with van der Waals surface area (Å²) in [6.07, 6.45) is 0. The molecule has 2 amide bonds. The molecule has 0 saturated carbocycles. The van der Waals surface area contributed by atoms with Gasteiger partial charge in [0.25, 0.3) is 0 Å². The summed E-state index contributed by atoms with van der Waals surface area (Å²) in [4.78, 5) is 25.1. The minimum atomic E-state index is -1.07. The van der Waals surface area contributed by atoms with Gasteiger partial charge < -0.3 is 15.2 Å². The zero-order chi connectivity index (χ0) is 15.6. The van der Waals surface area contributed by atoms with Crippen LogP contribution in [0.25, 0.3) is 0 Å². The van der Waals surface area contributed by atoms with Gasteiger partial charge in [0, 0.05) is 6.04 Å². The number of fused-ring (bicyclic) bond motifs is 1. The Hall–Kier alpha value is -2.24. The smallest absolute Gasteiger partial charge is 0.339 e. The molecule has 1 heterocycles. The number of nitrogens with zero attached hydrogens (tertiary/aromatic N) is 1. The highest BCUT2D eigenvalue weighted by molar-refractivity contribution is 5.99. The Morgan fingerprint density at radius 2 is 2.05 bits per heavy atom. The number of carbonyl (C=O) groups excluding carboxylic acids is 1. The van der Waals surface area contributed by atoms with Gasteiger partial charge in [-0.15, -0.1) is 0 Å². The van der Waals surface area contributed by atoms with E-state index in [9.17, 15) is 14.7 Å². The molecule has 1 aromatic carbocycles. The fraction of sp³-hybridized carbons (Fsp3) is 0.467. The van der Waals surface area contributed by atoms with Crippen LogP contribution in [0.3, 0.4) is 0 Å². The number of nitrogens with one attached hydrogen (secondary N) is 1. The van der Waals surface area contributed by atoms with Crippen LogP contribution in [0.5, 0.6) is 5.75 Å². The molecule has 2 N–H and O–H groups in total. The predicted octanol–water partition coefficient (Wildman–Crippen LogP) is 2.34. The lowest BCUT2D eigenvalue weighted by Gasteiger charge is -2.31. The second-order valence-corrected chi connectivity index (χ2v) is 5.44. The maximum Gasteiger partial charge on any atom is 0.339 e. The predicted molar refractivity (Wildman–Crippen MR) is 79.1 cm³/mol. The van der Waals surface area contributed by atoms with Gasteiger partial charge in [-0.3, -0.25) is 4.90 Å². The molecule has 0 saturated heterocycles. The highest BCUT2D eigenvalue weighted by atomic mass is 16.5. The summed E-state index contributed by atoms with van der Waals surface area (Å²) in [5.41, 5.74) is 0.566. The second kappa shape index (κ2) is 6.03. The number of para-hydroxylation sites is 1. The van der Waals surface area contributed by atoms with Crippen LogP contribution < -0.4 is 15.0 Å². The molecule has 0 fully saturated rings. The first-order chi connectivity index (χ1) is 9.91. The van der Waals surface area contributed by atoms with Crippen molar-refractivity contribution in [3.05, 3.63) is 23.8 Å². The average molecular weight is 292 g/mol. The van der Waals surface area contributed by atoms with Gasteiger partial charge in [-0.05, 0) is 25.0 Å². The molecule has 114 valence electrons. The summed E-state index contributed by atoms with van der Waals surface area (Å²) in [6.45, 7) is 6.67. The van der Waals surface area contributed by atoms with Crippen molar-refractivity contribution < 1.29 is 19.4 Å². The maximum absolute atomic E-state index is 12.4. The number of carbonyl (C=O) groups is 2. The van der Waals surface area contributed by atoms with Crippen LogP contribution in [0.2, 0.25) is 0 Å². The van der Waals surface area contributed by atoms with Crippen molar-refractivity contribution >= 4 is 17.7 Å². The van der Waals surface area contributed by atoms with E-state index in [0.717, 1.165) is 0 Å². The van der Waals surface area contributed by atoms with E-state index < -0.39 is 5.97 Å². The third-order valence-electron chi connectivity index (χ3n) is 3.67. The number of urea groups is 1. The van der Waals surface area contributed by atoms with E-state index in [-0.39, 0.29) is 30.0 Å². The highest BCUT2D eigenvalue weighted by Crippen LogP contribution is 2.35. The number of hydrogen-bond donors (Lipinski definition) is 2. The molecule has 6 nitrogen and oxygen atoms in total. The van der Waals surface area contributed by atoms with Crippen LogP contribution in [0.4, 0.5) is 10.5 Å². The number of rotatable bonds is 3. The standard InChI is InChI=1S/C15H20N2O4/c1-9(2)10(3)16-15(20)17-7-8-21-13-11(14(18)19)5-4-6-12(13)17/h4-6,9-10H,7-8H2,1-3H3,(H,16,20)(H,18,19). The Morgan fingerprint density at radius 1 is 1.33 bits per heavy atom. The molecule has 1 aliphatic rings. The lowest BCUT2D eigenvalue weighted by atomic mass is 10.1. The number of carboxylic acid groups (broad SMARTS) is 1. The minimum Gasteiger partial charge on any atom is -0.489 e. The van der Waals surface area contributed by atoms with Crippen molar-refractivity contribution in [3.63, 3.8) is 0 Å². The Balaban J connectivity index is 2.28. The van der Waals surface area contributed by atoms with Gasteiger partial charge in [-0.25, -0.2) is 9.59 Å². The van der Waals surface area contributed by atoms with Crippen LogP contribution in [0, 0.1) is 5.92 Å². The van der Waals surface area contributed by atoms with Crippen LogP contribution in [-0.4, -0.2) is 36.3 Å². The molecular weight excluding hydrogens is 272 g/mol. The molecule has 0 radical (unpaired) electrons. The third-order valence-corrected chi connectivity index (χ3v) is 3.67.